The Morgan fingerprint density at radius 3 is 0.853 bits per heavy atom. The number of allylic oxidation sites excluding steroid dienone is 16. The molecule has 0 aliphatic carbocycles. The summed E-state index contributed by atoms with van der Waals surface area (Å²) in [5.74, 6) is -0.898. The molecule has 1 atom stereocenters. The van der Waals surface area contributed by atoms with Crippen LogP contribution in [0.1, 0.15) is 303 Å². The van der Waals surface area contributed by atoms with Crippen LogP contribution in [0.25, 0.3) is 0 Å². The van der Waals surface area contributed by atoms with Gasteiger partial charge in [0.2, 0.25) is 0 Å². The summed E-state index contributed by atoms with van der Waals surface area (Å²) in [5.41, 5.74) is 0. The number of hydrogen-bond donors (Lipinski definition) is 0. The highest BCUT2D eigenvalue weighted by Crippen LogP contribution is 2.15. The van der Waals surface area contributed by atoms with Crippen LogP contribution in [0, 0.1) is 0 Å². The third kappa shape index (κ3) is 61.1. The van der Waals surface area contributed by atoms with Crippen LogP contribution in [0.15, 0.2) is 97.2 Å². The second-order valence-corrected chi connectivity index (χ2v) is 20.9. The Kier molecular flexibility index (Phi) is 59.8. The Morgan fingerprint density at radius 2 is 0.520 bits per heavy atom. The average molecular weight is 1040 g/mol. The monoisotopic (exact) mass is 1040 g/mol. The first kappa shape index (κ1) is 71.3. The third-order valence-electron chi connectivity index (χ3n) is 13.5. The van der Waals surface area contributed by atoms with Gasteiger partial charge in [-0.15, -0.1) is 0 Å². The maximum Gasteiger partial charge on any atom is 0.306 e. The smallest absolute Gasteiger partial charge is 0.306 e. The second kappa shape index (κ2) is 62.9. The van der Waals surface area contributed by atoms with E-state index in [0.717, 1.165) is 116 Å². The van der Waals surface area contributed by atoms with E-state index in [2.05, 4.69) is 118 Å². The summed E-state index contributed by atoms with van der Waals surface area (Å²) in [7, 11) is 0. The van der Waals surface area contributed by atoms with Crippen molar-refractivity contribution in [2.24, 2.45) is 0 Å². The molecule has 0 amide bonds. The molecule has 0 aromatic carbocycles. The molecule has 0 saturated carbocycles. The lowest BCUT2D eigenvalue weighted by Gasteiger charge is -2.18. The minimum absolute atomic E-state index is 0.0846. The quantitative estimate of drug-likeness (QED) is 0.0261. The van der Waals surface area contributed by atoms with Crippen molar-refractivity contribution in [2.45, 2.75) is 309 Å². The molecule has 0 aliphatic rings. The maximum atomic E-state index is 12.9. The molecule has 0 heterocycles. The summed E-state index contributed by atoms with van der Waals surface area (Å²) in [4.78, 5) is 38.2. The van der Waals surface area contributed by atoms with Gasteiger partial charge in [-0.25, -0.2) is 0 Å². The molecular weight excluding hydrogens is 925 g/mol. The van der Waals surface area contributed by atoms with E-state index in [9.17, 15) is 14.4 Å². The number of rotatable bonds is 57. The largest absolute Gasteiger partial charge is 0.462 e. The lowest BCUT2D eigenvalue weighted by molar-refractivity contribution is -0.167. The molecule has 0 radical (unpaired) electrons. The predicted molar refractivity (Wildman–Crippen MR) is 325 cm³/mol. The van der Waals surface area contributed by atoms with Gasteiger partial charge in [-0.2, -0.15) is 0 Å². The summed E-state index contributed by atoms with van der Waals surface area (Å²) in [6.45, 7) is 6.50. The molecule has 75 heavy (non-hydrogen) atoms. The van der Waals surface area contributed by atoms with Crippen molar-refractivity contribution < 1.29 is 28.6 Å². The molecule has 0 spiro atoms. The highest BCUT2D eigenvalue weighted by molar-refractivity contribution is 5.71. The van der Waals surface area contributed by atoms with Gasteiger partial charge < -0.3 is 14.2 Å². The SMILES string of the molecule is CC/C=C\C/C=C\C/C=C\C/C=C\C/C=C\C/C=C\CCCCCCCCCCCCC(=O)OCC(COC(=O)CCCCCCC/C=C\CCCCC)OC(=O)CCCCCCC/C=C\CCCCCCCCC. The van der Waals surface area contributed by atoms with E-state index >= 15 is 0 Å². The molecule has 0 aliphatic heterocycles. The lowest BCUT2D eigenvalue weighted by atomic mass is 10.1. The van der Waals surface area contributed by atoms with E-state index in [0.29, 0.717) is 19.3 Å². The van der Waals surface area contributed by atoms with Gasteiger partial charge in [-0.1, -0.05) is 259 Å². The molecule has 0 bridgehead atoms. The van der Waals surface area contributed by atoms with Crippen LogP contribution in [0.5, 0.6) is 0 Å². The van der Waals surface area contributed by atoms with Crippen LogP contribution in [0.4, 0.5) is 0 Å². The number of hydrogen-bond acceptors (Lipinski definition) is 6. The summed E-state index contributed by atoms with van der Waals surface area (Å²) < 4.78 is 16.9. The van der Waals surface area contributed by atoms with Crippen LogP contribution >= 0.6 is 0 Å². The highest BCUT2D eigenvalue weighted by atomic mass is 16.6. The van der Waals surface area contributed by atoms with E-state index in [-0.39, 0.29) is 31.1 Å². The normalized spacial score (nSPS) is 12.7. The van der Waals surface area contributed by atoms with E-state index < -0.39 is 6.10 Å². The Balaban J connectivity index is 4.27. The van der Waals surface area contributed by atoms with E-state index in [1.54, 1.807) is 0 Å². The van der Waals surface area contributed by atoms with Gasteiger partial charge in [0.1, 0.15) is 13.2 Å². The van der Waals surface area contributed by atoms with E-state index in [1.807, 2.05) is 0 Å². The third-order valence-corrected chi connectivity index (χ3v) is 13.5. The summed E-state index contributed by atoms with van der Waals surface area (Å²) in [6, 6.07) is 0. The van der Waals surface area contributed by atoms with Gasteiger partial charge in [-0.3, -0.25) is 14.4 Å². The van der Waals surface area contributed by atoms with Crippen LogP contribution in [-0.4, -0.2) is 37.2 Å². The van der Waals surface area contributed by atoms with Gasteiger partial charge in [-0.05, 0) is 122 Å². The molecule has 1 unspecified atom stereocenters. The predicted octanol–water partition coefficient (Wildman–Crippen LogP) is 21.7. The standard InChI is InChI=1S/C69H118O6/c1-4-7-10-13-16-19-22-25-27-29-30-31-32-33-34-35-36-37-38-39-40-41-43-44-47-50-53-56-59-62-68(71)74-65-66(64-73-67(70)61-58-55-52-49-46-24-21-18-15-12-9-6-3)75-69(72)63-60-57-54-51-48-45-42-28-26-23-20-17-14-11-8-5-2/h7,10,16,18-19,21,25,27-28,30-31,33-34,36-37,42,66H,4-6,8-9,11-15,17,20,22-24,26,29,32,35,38-41,43-65H2,1-3H3/b10-7-,19-16-,21-18-,27-25-,31-30-,34-33-,37-36-,42-28-. The highest BCUT2D eigenvalue weighted by Gasteiger charge is 2.19. The molecule has 6 heteroatoms. The first-order chi connectivity index (χ1) is 37.0. The summed E-state index contributed by atoms with van der Waals surface area (Å²) in [6.07, 6.45) is 84.1. The van der Waals surface area contributed by atoms with Crippen LogP contribution in [-0.2, 0) is 28.6 Å². The number of unbranched alkanes of at least 4 members (excludes halogenated alkanes) is 30. The van der Waals surface area contributed by atoms with Crippen LogP contribution < -0.4 is 0 Å². The van der Waals surface area contributed by atoms with Crippen molar-refractivity contribution in [2.75, 3.05) is 13.2 Å². The number of carbonyl (C=O) groups is 3. The van der Waals surface area contributed by atoms with Gasteiger partial charge in [0.15, 0.2) is 6.10 Å². The van der Waals surface area contributed by atoms with Crippen LogP contribution in [0.2, 0.25) is 0 Å². The van der Waals surface area contributed by atoms with E-state index in [1.165, 1.54) is 148 Å². The lowest BCUT2D eigenvalue weighted by Crippen LogP contribution is -2.30. The Bertz CT molecular complexity index is 1480. The first-order valence-electron chi connectivity index (χ1n) is 31.7. The fourth-order valence-corrected chi connectivity index (χ4v) is 8.79. The minimum atomic E-state index is -0.787. The minimum Gasteiger partial charge on any atom is -0.462 e. The van der Waals surface area contributed by atoms with Crippen LogP contribution in [0.3, 0.4) is 0 Å². The van der Waals surface area contributed by atoms with Gasteiger partial charge in [0, 0.05) is 19.3 Å². The van der Waals surface area contributed by atoms with Crippen molar-refractivity contribution in [1.82, 2.24) is 0 Å². The molecule has 6 nitrogen and oxygen atoms in total. The second-order valence-electron chi connectivity index (χ2n) is 20.9. The van der Waals surface area contributed by atoms with Gasteiger partial charge in [0.25, 0.3) is 0 Å². The van der Waals surface area contributed by atoms with Crippen molar-refractivity contribution in [3.8, 4) is 0 Å². The summed E-state index contributed by atoms with van der Waals surface area (Å²) >= 11 is 0. The van der Waals surface area contributed by atoms with Gasteiger partial charge in [0.05, 0.1) is 0 Å². The maximum absolute atomic E-state index is 12.9. The summed E-state index contributed by atoms with van der Waals surface area (Å²) in [5, 5.41) is 0. The molecular formula is C69H118O6. The Hall–Kier alpha value is -3.67. The van der Waals surface area contributed by atoms with Crippen molar-refractivity contribution in [1.29, 1.82) is 0 Å². The zero-order chi connectivity index (χ0) is 54.3. The number of carbonyl (C=O) groups excluding carboxylic acids is 3. The molecule has 0 fully saturated rings. The topological polar surface area (TPSA) is 78.9 Å². The first-order valence-corrected chi connectivity index (χ1v) is 31.7. The zero-order valence-electron chi connectivity index (χ0n) is 49.3. The van der Waals surface area contributed by atoms with E-state index in [4.69, 9.17) is 14.2 Å². The zero-order valence-corrected chi connectivity index (χ0v) is 49.3. The molecule has 430 valence electrons. The fourth-order valence-electron chi connectivity index (χ4n) is 8.79. The van der Waals surface area contributed by atoms with Gasteiger partial charge >= 0.3 is 17.9 Å². The Labute approximate surface area is 464 Å². The Morgan fingerprint density at radius 1 is 0.280 bits per heavy atom. The fraction of sp³-hybridized carbons (Fsp3) is 0.725. The number of ether oxygens (including phenoxy) is 3. The number of esters is 3. The molecule has 0 rings (SSSR count). The molecule has 0 N–H and O–H groups in total. The molecule has 0 aromatic rings. The van der Waals surface area contributed by atoms with Crippen molar-refractivity contribution >= 4 is 17.9 Å². The molecule has 0 aromatic heterocycles. The molecule has 0 saturated heterocycles. The van der Waals surface area contributed by atoms with Crippen molar-refractivity contribution in [3.63, 3.8) is 0 Å². The van der Waals surface area contributed by atoms with Crippen molar-refractivity contribution in [3.05, 3.63) is 97.2 Å². The average Bonchev–Trinajstić information content (AvgIpc) is 3.41.